The molecule has 2 aromatic rings. The summed E-state index contributed by atoms with van der Waals surface area (Å²) >= 11 is 0. The number of anilines is 2. The predicted octanol–water partition coefficient (Wildman–Crippen LogP) is 3.72. The highest BCUT2D eigenvalue weighted by Crippen LogP contribution is 2.16. The van der Waals surface area contributed by atoms with Gasteiger partial charge in [0.05, 0.1) is 13.0 Å². The summed E-state index contributed by atoms with van der Waals surface area (Å²) in [5.41, 5.74) is 3.17. The lowest BCUT2D eigenvalue weighted by Crippen LogP contribution is -2.15. The normalized spacial score (nSPS) is 10.2. The van der Waals surface area contributed by atoms with E-state index in [0.29, 0.717) is 13.0 Å². The van der Waals surface area contributed by atoms with Crippen molar-refractivity contribution in [1.29, 1.82) is 0 Å². The highest BCUT2D eigenvalue weighted by Gasteiger charge is 2.04. The van der Waals surface area contributed by atoms with Crippen LogP contribution >= 0.6 is 0 Å². The smallest absolute Gasteiger partial charge is 0.227 e. The average molecular weight is 312 g/mol. The zero-order valence-corrected chi connectivity index (χ0v) is 14.0. The Kier molecular flexibility index (Phi) is 6.03. The lowest BCUT2D eigenvalue weighted by Gasteiger charge is -2.13. The summed E-state index contributed by atoms with van der Waals surface area (Å²) < 4.78 is 5.60. The molecule has 0 radical (unpaired) electrons. The summed E-state index contributed by atoms with van der Waals surface area (Å²) in [6.07, 6.45) is 1.33. The molecule has 0 aliphatic heterocycles. The number of rotatable bonds is 7. The van der Waals surface area contributed by atoms with E-state index in [9.17, 15) is 4.79 Å². The lowest BCUT2D eigenvalue weighted by atomic mass is 10.2. The Bertz CT molecular complexity index is 619. The number of ether oxygens (including phenoxy) is 1. The Morgan fingerprint density at radius 3 is 2.26 bits per heavy atom. The summed E-state index contributed by atoms with van der Waals surface area (Å²) in [6, 6.07) is 15.7. The van der Waals surface area contributed by atoms with Crippen molar-refractivity contribution in [1.82, 2.24) is 0 Å². The van der Waals surface area contributed by atoms with Crippen molar-refractivity contribution in [2.75, 3.05) is 30.9 Å². The Balaban J connectivity index is 1.76. The monoisotopic (exact) mass is 312 g/mol. The first-order chi connectivity index (χ1) is 11.1. The van der Waals surface area contributed by atoms with Crippen LogP contribution in [0.4, 0.5) is 11.4 Å². The molecule has 0 atom stereocenters. The van der Waals surface area contributed by atoms with E-state index in [4.69, 9.17) is 4.74 Å². The first-order valence-corrected chi connectivity index (χ1v) is 7.87. The van der Waals surface area contributed by atoms with Crippen LogP contribution in [0.25, 0.3) is 0 Å². The van der Waals surface area contributed by atoms with E-state index in [1.807, 2.05) is 67.5 Å². The molecule has 4 heteroatoms. The maximum absolute atomic E-state index is 11.9. The molecule has 23 heavy (non-hydrogen) atoms. The van der Waals surface area contributed by atoms with Gasteiger partial charge in [0.2, 0.25) is 5.91 Å². The summed E-state index contributed by atoms with van der Waals surface area (Å²) in [7, 11) is 3.97. The maximum atomic E-state index is 11.9. The van der Waals surface area contributed by atoms with Gasteiger partial charge in [-0.1, -0.05) is 19.1 Å². The van der Waals surface area contributed by atoms with E-state index in [0.717, 1.165) is 23.5 Å². The second-order valence-corrected chi connectivity index (χ2v) is 5.59. The number of nitrogens with one attached hydrogen (secondary N) is 1. The average Bonchev–Trinajstić information content (AvgIpc) is 2.56. The number of benzene rings is 2. The SMILES string of the molecule is CCc1ccc(OCCC(=O)Nc2ccc(N(C)C)cc2)cc1. The Labute approximate surface area is 138 Å². The van der Waals surface area contributed by atoms with Crippen molar-refractivity contribution < 1.29 is 9.53 Å². The minimum atomic E-state index is -0.0484. The van der Waals surface area contributed by atoms with E-state index < -0.39 is 0 Å². The molecule has 0 aliphatic carbocycles. The van der Waals surface area contributed by atoms with Gasteiger partial charge in [-0.25, -0.2) is 0 Å². The van der Waals surface area contributed by atoms with Crippen molar-refractivity contribution in [3.63, 3.8) is 0 Å². The molecule has 0 aromatic heterocycles. The van der Waals surface area contributed by atoms with Gasteiger partial charge in [-0.05, 0) is 48.4 Å². The number of nitrogens with zero attached hydrogens (tertiary/aromatic N) is 1. The van der Waals surface area contributed by atoms with Crippen molar-refractivity contribution in [2.45, 2.75) is 19.8 Å². The van der Waals surface area contributed by atoms with Crippen LogP contribution in [0.3, 0.4) is 0 Å². The number of carbonyl (C=O) groups excluding carboxylic acids is 1. The van der Waals surface area contributed by atoms with E-state index in [1.165, 1.54) is 5.56 Å². The molecule has 0 spiro atoms. The van der Waals surface area contributed by atoms with Crippen molar-refractivity contribution in [3.8, 4) is 5.75 Å². The molecule has 2 rings (SSSR count). The van der Waals surface area contributed by atoms with Gasteiger partial charge in [-0.3, -0.25) is 4.79 Å². The van der Waals surface area contributed by atoms with E-state index >= 15 is 0 Å². The van der Waals surface area contributed by atoms with Crippen molar-refractivity contribution in [3.05, 3.63) is 54.1 Å². The van der Waals surface area contributed by atoms with Crippen molar-refractivity contribution in [2.24, 2.45) is 0 Å². The minimum Gasteiger partial charge on any atom is -0.493 e. The molecule has 0 heterocycles. The third-order valence-electron chi connectivity index (χ3n) is 3.60. The first kappa shape index (κ1) is 16.9. The van der Waals surface area contributed by atoms with Gasteiger partial charge in [0.25, 0.3) is 0 Å². The van der Waals surface area contributed by atoms with Gasteiger partial charge >= 0.3 is 0 Å². The van der Waals surface area contributed by atoms with Gasteiger partial charge in [-0.2, -0.15) is 0 Å². The standard InChI is InChI=1S/C19H24N2O2/c1-4-15-5-11-18(12-6-15)23-14-13-19(22)20-16-7-9-17(10-8-16)21(2)3/h5-12H,4,13-14H2,1-3H3,(H,20,22). The molecule has 0 aliphatic rings. The summed E-state index contributed by atoms with van der Waals surface area (Å²) in [5.74, 6) is 0.748. The highest BCUT2D eigenvalue weighted by atomic mass is 16.5. The largest absolute Gasteiger partial charge is 0.493 e. The maximum Gasteiger partial charge on any atom is 0.227 e. The molecule has 122 valence electrons. The first-order valence-electron chi connectivity index (χ1n) is 7.87. The second kappa shape index (κ2) is 8.22. The summed E-state index contributed by atoms with van der Waals surface area (Å²) in [6.45, 7) is 2.48. The molecule has 0 bridgehead atoms. The van der Waals surface area contributed by atoms with Gasteiger partial charge in [0, 0.05) is 25.5 Å². The molecule has 2 aromatic carbocycles. The van der Waals surface area contributed by atoms with Gasteiger partial charge in [0.1, 0.15) is 5.75 Å². The molecule has 4 nitrogen and oxygen atoms in total. The van der Waals surface area contributed by atoms with Gasteiger partial charge in [-0.15, -0.1) is 0 Å². The zero-order chi connectivity index (χ0) is 16.7. The third kappa shape index (κ3) is 5.33. The topological polar surface area (TPSA) is 41.6 Å². The summed E-state index contributed by atoms with van der Waals surface area (Å²) in [4.78, 5) is 13.9. The number of hydrogen-bond acceptors (Lipinski definition) is 3. The van der Waals surface area contributed by atoms with Gasteiger partial charge in [0.15, 0.2) is 0 Å². The van der Waals surface area contributed by atoms with Crippen molar-refractivity contribution >= 4 is 17.3 Å². The molecular formula is C19H24N2O2. The van der Waals surface area contributed by atoms with E-state index in [-0.39, 0.29) is 5.91 Å². The fraction of sp³-hybridized carbons (Fsp3) is 0.316. The second-order valence-electron chi connectivity index (χ2n) is 5.59. The van der Waals surface area contributed by atoms with Crippen LogP contribution in [0.15, 0.2) is 48.5 Å². The van der Waals surface area contributed by atoms with Crippen LogP contribution in [-0.2, 0) is 11.2 Å². The molecule has 0 unspecified atom stereocenters. The Morgan fingerprint density at radius 2 is 1.70 bits per heavy atom. The third-order valence-corrected chi connectivity index (χ3v) is 3.60. The number of aryl methyl sites for hydroxylation is 1. The van der Waals surface area contributed by atoms with Crippen LogP contribution in [0, 0.1) is 0 Å². The highest BCUT2D eigenvalue weighted by molar-refractivity contribution is 5.90. The molecule has 0 saturated carbocycles. The zero-order valence-electron chi connectivity index (χ0n) is 14.0. The van der Waals surface area contributed by atoms with E-state index in [2.05, 4.69) is 12.2 Å². The molecule has 1 N–H and O–H groups in total. The quantitative estimate of drug-likeness (QED) is 0.847. The van der Waals surface area contributed by atoms with Crippen LogP contribution in [0.1, 0.15) is 18.9 Å². The van der Waals surface area contributed by atoms with Crippen LogP contribution in [0.2, 0.25) is 0 Å². The lowest BCUT2D eigenvalue weighted by molar-refractivity contribution is -0.116. The molecule has 0 fully saturated rings. The van der Waals surface area contributed by atoms with E-state index in [1.54, 1.807) is 0 Å². The molecule has 1 amide bonds. The van der Waals surface area contributed by atoms with Crippen LogP contribution in [-0.4, -0.2) is 26.6 Å². The number of amides is 1. The van der Waals surface area contributed by atoms with Crippen LogP contribution in [0.5, 0.6) is 5.75 Å². The fourth-order valence-corrected chi connectivity index (χ4v) is 2.15. The predicted molar refractivity (Wildman–Crippen MR) is 95.3 cm³/mol. The Hall–Kier alpha value is -2.49. The molecular weight excluding hydrogens is 288 g/mol. The molecule has 0 saturated heterocycles. The fourth-order valence-electron chi connectivity index (χ4n) is 2.15. The number of hydrogen-bond donors (Lipinski definition) is 1. The minimum absolute atomic E-state index is 0.0484. The Morgan fingerprint density at radius 1 is 1.04 bits per heavy atom. The number of carbonyl (C=O) groups is 1. The van der Waals surface area contributed by atoms with Gasteiger partial charge < -0.3 is 15.0 Å². The van der Waals surface area contributed by atoms with Crippen LogP contribution < -0.4 is 15.0 Å². The summed E-state index contributed by atoms with van der Waals surface area (Å²) in [5, 5.41) is 2.88.